The molecule has 1 rings (SSSR count). The number of rotatable bonds is 4. The minimum absolute atomic E-state index is 0.179. The third-order valence-corrected chi connectivity index (χ3v) is 3.00. The van der Waals surface area contributed by atoms with E-state index in [-0.39, 0.29) is 6.10 Å². The van der Waals surface area contributed by atoms with E-state index in [0.717, 1.165) is 19.1 Å². The second-order valence-corrected chi connectivity index (χ2v) is 4.23. The van der Waals surface area contributed by atoms with Gasteiger partial charge in [0.25, 0.3) is 0 Å². The summed E-state index contributed by atoms with van der Waals surface area (Å²) in [5.41, 5.74) is 0. The van der Waals surface area contributed by atoms with Crippen LogP contribution in [0.3, 0.4) is 0 Å². The Morgan fingerprint density at radius 2 is 1.92 bits per heavy atom. The van der Waals surface area contributed by atoms with Crippen molar-refractivity contribution in [1.82, 2.24) is 4.90 Å². The predicted molar refractivity (Wildman–Crippen MR) is 55.8 cm³/mol. The number of aliphatic hydroxyl groups excluding tert-OH is 1. The summed E-state index contributed by atoms with van der Waals surface area (Å²) in [6.07, 6.45) is 6.65. The van der Waals surface area contributed by atoms with Crippen molar-refractivity contribution in [1.29, 1.82) is 0 Å². The van der Waals surface area contributed by atoms with Gasteiger partial charge in [-0.05, 0) is 26.3 Å². The van der Waals surface area contributed by atoms with E-state index in [4.69, 9.17) is 0 Å². The summed E-state index contributed by atoms with van der Waals surface area (Å²) in [7, 11) is 0. The van der Waals surface area contributed by atoms with Gasteiger partial charge in [-0.1, -0.05) is 26.2 Å². The van der Waals surface area contributed by atoms with Gasteiger partial charge in [-0.15, -0.1) is 0 Å². The lowest BCUT2D eigenvalue weighted by Crippen LogP contribution is -2.40. The Hall–Kier alpha value is -0.0800. The molecule has 1 atom stereocenters. The molecule has 1 aliphatic carbocycles. The van der Waals surface area contributed by atoms with E-state index < -0.39 is 0 Å². The molecule has 0 radical (unpaired) electrons. The summed E-state index contributed by atoms with van der Waals surface area (Å²) < 4.78 is 0. The average Bonchev–Trinajstić information content (AvgIpc) is 2.15. The van der Waals surface area contributed by atoms with E-state index >= 15 is 0 Å². The van der Waals surface area contributed by atoms with Crippen LogP contribution >= 0.6 is 0 Å². The standard InChI is InChI=1S/C11H23NO/c1-3-12(9-10(2)13)11-7-5-4-6-8-11/h10-11,13H,3-9H2,1-2H3/t10-/m0/s1. The molecule has 1 fully saturated rings. The summed E-state index contributed by atoms with van der Waals surface area (Å²) >= 11 is 0. The minimum Gasteiger partial charge on any atom is -0.392 e. The molecule has 0 spiro atoms. The largest absolute Gasteiger partial charge is 0.392 e. The van der Waals surface area contributed by atoms with Crippen molar-refractivity contribution >= 4 is 0 Å². The van der Waals surface area contributed by atoms with Gasteiger partial charge in [0.1, 0.15) is 0 Å². The Morgan fingerprint density at radius 3 is 2.38 bits per heavy atom. The smallest absolute Gasteiger partial charge is 0.0639 e. The quantitative estimate of drug-likeness (QED) is 0.724. The molecular weight excluding hydrogens is 162 g/mol. The van der Waals surface area contributed by atoms with Crippen molar-refractivity contribution in [2.24, 2.45) is 0 Å². The van der Waals surface area contributed by atoms with Crippen LogP contribution in [0, 0.1) is 0 Å². The van der Waals surface area contributed by atoms with Crippen molar-refractivity contribution in [3.05, 3.63) is 0 Å². The van der Waals surface area contributed by atoms with Crippen LogP contribution in [0.2, 0.25) is 0 Å². The van der Waals surface area contributed by atoms with Crippen LogP contribution in [0.25, 0.3) is 0 Å². The Morgan fingerprint density at radius 1 is 1.31 bits per heavy atom. The fourth-order valence-electron chi connectivity index (χ4n) is 2.32. The first kappa shape index (κ1) is 11.0. The van der Waals surface area contributed by atoms with E-state index in [1.54, 1.807) is 0 Å². The SMILES string of the molecule is CCN(C[C@H](C)O)C1CCCCC1. The average molecular weight is 185 g/mol. The number of hydrogen-bond acceptors (Lipinski definition) is 2. The van der Waals surface area contributed by atoms with Gasteiger partial charge < -0.3 is 5.11 Å². The second-order valence-electron chi connectivity index (χ2n) is 4.23. The van der Waals surface area contributed by atoms with Gasteiger partial charge in [0, 0.05) is 12.6 Å². The molecule has 0 heterocycles. The van der Waals surface area contributed by atoms with Crippen LogP contribution in [-0.4, -0.2) is 35.2 Å². The molecule has 1 aliphatic rings. The highest BCUT2D eigenvalue weighted by atomic mass is 16.3. The van der Waals surface area contributed by atoms with Crippen molar-refractivity contribution in [3.63, 3.8) is 0 Å². The van der Waals surface area contributed by atoms with Gasteiger partial charge in [0.2, 0.25) is 0 Å². The van der Waals surface area contributed by atoms with Crippen molar-refractivity contribution in [2.75, 3.05) is 13.1 Å². The highest BCUT2D eigenvalue weighted by Gasteiger charge is 2.20. The topological polar surface area (TPSA) is 23.5 Å². The number of aliphatic hydroxyl groups is 1. The van der Waals surface area contributed by atoms with Crippen molar-refractivity contribution in [3.8, 4) is 0 Å². The van der Waals surface area contributed by atoms with Gasteiger partial charge >= 0.3 is 0 Å². The maximum Gasteiger partial charge on any atom is 0.0639 e. The molecule has 0 aromatic carbocycles. The van der Waals surface area contributed by atoms with E-state index in [0.29, 0.717) is 0 Å². The molecule has 0 aromatic heterocycles. The molecule has 0 saturated heterocycles. The molecule has 0 unspecified atom stereocenters. The first-order chi connectivity index (χ1) is 6.24. The van der Waals surface area contributed by atoms with Crippen molar-refractivity contribution in [2.45, 2.75) is 58.1 Å². The lowest BCUT2D eigenvalue weighted by atomic mass is 9.94. The van der Waals surface area contributed by atoms with Crippen molar-refractivity contribution < 1.29 is 5.11 Å². The Bertz CT molecular complexity index is 130. The number of hydrogen-bond donors (Lipinski definition) is 1. The summed E-state index contributed by atoms with van der Waals surface area (Å²) in [6.45, 7) is 6.00. The summed E-state index contributed by atoms with van der Waals surface area (Å²) in [5, 5.41) is 9.34. The van der Waals surface area contributed by atoms with E-state index in [1.165, 1.54) is 32.1 Å². The molecule has 13 heavy (non-hydrogen) atoms. The van der Waals surface area contributed by atoms with E-state index in [9.17, 15) is 5.11 Å². The third kappa shape index (κ3) is 3.65. The van der Waals surface area contributed by atoms with Gasteiger partial charge in [-0.25, -0.2) is 0 Å². The number of likely N-dealkylation sites (N-methyl/N-ethyl adjacent to an activating group) is 1. The predicted octanol–water partition coefficient (Wildman–Crippen LogP) is 2.02. The molecule has 0 aromatic rings. The minimum atomic E-state index is -0.179. The second kappa shape index (κ2) is 5.61. The fraction of sp³-hybridized carbons (Fsp3) is 1.00. The summed E-state index contributed by atoms with van der Waals surface area (Å²) in [6, 6.07) is 0.744. The number of nitrogens with zero attached hydrogens (tertiary/aromatic N) is 1. The normalized spacial score (nSPS) is 22.2. The van der Waals surface area contributed by atoms with E-state index in [2.05, 4.69) is 11.8 Å². The Balaban J connectivity index is 2.34. The lowest BCUT2D eigenvalue weighted by Gasteiger charge is -2.34. The highest BCUT2D eigenvalue weighted by molar-refractivity contribution is 4.75. The molecule has 78 valence electrons. The molecule has 0 bridgehead atoms. The van der Waals surface area contributed by atoms with Crippen LogP contribution in [-0.2, 0) is 0 Å². The van der Waals surface area contributed by atoms with E-state index in [1.807, 2.05) is 6.92 Å². The zero-order valence-corrected chi connectivity index (χ0v) is 9.00. The molecule has 0 amide bonds. The lowest BCUT2D eigenvalue weighted by molar-refractivity contribution is 0.0867. The maximum atomic E-state index is 9.34. The van der Waals surface area contributed by atoms with Gasteiger partial charge in [-0.2, -0.15) is 0 Å². The summed E-state index contributed by atoms with van der Waals surface area (Å²) in [4.78, 5) is 2.43. The molecular formula is C11H23NO. The third-order valence-electron chi connectivity index (χ3n) is 3.00. The maximum absolute atomic E-state index is 9.34. The first-order valence-corrected chi connectivity index (χ1v) is 5.66. The molecule has 2 heteroatoms. The van der Waals surface area contributed by atoms with Gasteiger partial charge in [0.15, 0.2) is 0 Å². The molecule has 0 aliphatic heterocycles. The molecule has 1 saturated carbocycles. The van der Waals surface area contributed by atoms with Crippen LogP contribution in [0.4, 0.5) is 0 Å². The van der Waals surface area contributed by atoms with Crippen LogP contribution in [0.15, 0.2) is 0 Å². The molecule has 1 N–H and O–H groups in total. The van der Waals surface area contributed by atoms with Crippen LogP contribution in [0.5, 0.6) is 0 Å². The molecule has 2 nitrogen and oxygen atoms in total. The Kier molecular flexibility index (Phi) is 4.74. The Labute approximate surface area is 81.9 Å². The summed E-state index contributed by atoms with van der Waals surface area (Å²) in [5.74, 6) is 0. The van der Waals surface area contributed by atoms with Gasteiger partial charge in [0.05, 0.1) is 6.10 Å². The highest BCUT2D eigenvalue weighted by Crippen LogP contribution is 2.22. The first-order valence-electron chi connectivity index (χ1n) is 5.66. The fourth-order valence-corrected chi connectivity index (χ4v) is 2.32. The van der Waals surface area contributed by atoms with Crippen LogP contribution < -0.4 is 0 Å². The monoisotopic (exact) mass is 185 g/mol. The van der Waals surface area contributed by atoms with Crippen LogP contribution in [0.1, 0.15) is 46.0 Å². The zero-order valence-electron chi connectivity index (χ0n) is 9.00. The van der Waals surface area contributed by atoms with Gasteiger partial charge in [-0.3, -0.25) is 4.90 Å². The zero-order chi connectivity index (χ0) is 9.68.